The molecular weight excluding hydrogens is 110 g/mol. The first-order valence-corrected chi connectivity index (χ1v) is 2.46. The van der Waals surface area contributed by atoms with Crippen molar-refractivity contribution in [2.45, 2.75) is 19.8 Å². The van der Waals surface area contributed by atoms with Crippen LogP contribution in [0.1, 0.15) is 19.8 Å². The molecule has 4 heteroatoms. The molecule has 0 spiro atoms. The fraction of sp³-hybridized carbons (Fsp3) is 1.00. The Hall–Kier alpha value is -0.800. The average Bonchev–Trinajstić information content (AvgIpc) is 2.19. The zero-order valence-electron chi connectivity index (χ0n) is 4.70. The average molecular weight is 119 g/mol. The Morgan fingerprint density at radius 1 is 1.75 bits per heavy atom. The van der Waals surface area contributed by atoms with E-state index in [4.69, 9.17) is 15.3 Å². The lowest BCUT2D eigenvalue weighted by atomic mass is 10.5. The summed E-state index contributed by atoms with van der Waals surface area (Å²) in [4.78, 5) is 8.36. The van der Waals surface area contributed by atoms with Gasteiger partial charge in [-0.05, 0) is 5.92 Å². The van der Waals surface area contributed by atoms with Crippen LogP contribution in [-0.2, 0) is 0 Å². The van der Waals surface area contributed by atoms with Gasteiger partial charge >= 0.3 is 0 Å². The van der Waals surface area contributed by atoms with Gasteiger partial charge in [-0.15, -0.1) is 10.1 Å². The second-order valence-electron chi connectivity index (χ2n) is 1.92. The van der Waals surface area contributed by atoms with E-state index in [1.54, 1.807) is 0 Å². The molecule has 0 amide bonds. The van der Waals surface area contributed by atoms with E-state index in [1.807, 2.05) is 0 Å². The van der Waals surface area contributed by atoms with Crippen LogP contribution in [-0.4, -0.2) is 10.3 Å². The summed E-state index contributed by atoms with van der Waals surface area (Å²) in [5.41, 5.74) is 0. The number of hydrogen-bond acceptors (Lipinski definition) is 2. The number of rotatable bonds is 0. The standard InChI is InChI=1S/C4H8.HNO3/c1-4-2-3-4;2-1(3)4/h4H,2-3H2,1H3;(H,2,3,4). The van der Waals surface area contributed by atoms with Gasteiger partial charge in [-0.25, -0.2) is 0 Å². The van der Waals surface area contributed by atoms with Gasteiger partial charge in [-0.2, -0.15) is 0 Å². The molecule has 8 heavy (non-hydrogen) atoms. The second-order valence-corrected chi connectivity index (χ2v) is 1.92. The van der Waals surface area contributed by atoms with Gasteiger partial charge in [0.2, 0.25) is 0 Å². The van der Waals surface area contributed by atoms with E-state index in [0.29, 0.717) is 0 Å². The quantitative estimate of drug-likeness (QED) is 0.383. The topological polar surface area (TPSA) is 63.4 Å². The maximum atomic E-state index is 8.36. The molecule has 1 rings (SSSR count). The van der Waals surface area contributed by atoms with E-state index in [-0.39, 0.29) is 0 Å². The maximum Gasteiger partial charge on any atom is 0.291 e. The van der Waals surface area contributed by atoms with Gasteiger partial charge < -0.3 is 5.21 Å². The van der Waals surface area contributed by atoms with Gasteiger partial charge in [-0.3, -0.25) is 0 Å². The first-order chi connectivity index (χ1) is 3.63. The molecule has 0 saturated heterocycles. The van der Waals surface area contributed by atoms with Gasteiger partial charge in [0.05, 0.1) is 0 Å². The van der Waals surface area contributed by atoms with E-state index >= 15 is 0 Å². The van der Waals surface area contributed by atoms with Crippen molar-refractivity contribution >= 4 is 0 Å². The zero-order chi connectivity index (χ0) is 6.57. The summed E-state index contributed by atoms with van der Waals surface area (Å²) in [6, 6.07) is 0. The molecule has 0 aromatic carbocycles. The van der Waals surface area contributed by atoms with E-state index in [1.165, 1.54) is 12.8 Å². The molecular formula is C4H9NO3. The highest BCUT2D eigenvalue weighted by Crippen LogP contribution is 2.26. The third-order valence-electron chi connectivity index (χ3n) is 0.866. The zero-order valence-corrected chi connectivity index (χ0v) is 4.70. The van der Waals surface area contributed by atoms with Crippen molar-refractivity contribution in [3.05, 3.63) is 10.1 Å². The molecule has 0 aromatic heterocycles. The SMILES string of the molecule is CC1CC1.O=[N+]([O-])O. The van der Waals surface area contributed by atoms with Crippen molar-refractivity contribution < 1.29 is 10.3 Å². The van der Waals surface area contributed by atoms with Crippen LogP contribution in [0.3, 0.4) is 0 Å². The molecule has 0 heterocycles. The third kappa shape index (κ3) is 19.0. The summed E-state index contributed by atoms with van der Waals surface area (Å²) in [6.07, 6.45) is 2.97. The Kier molecular flexibility index (Phi) is 2.91. The van der Waals surface area contributed by atoms with Crippen LogP contribution in [0.2, 0.25) is 0 Å². The lowest BCUT2D eigenvalue weighted by Gasteiger charge is -1.56. The van der Waals surface area contributed by atoms with Crippen LogP contribution in [0.5, 0.6) is 0 Å². The van der Waals surface area contributed by atoms with E-state index < -0.39 is 5.09 Å². The van der Waals surface area contributed by atoms with E-state index in [9.17, 15) is 0 Å². The maximum absolute atomic E-state index is 8.36. The Labute approximate surface area is 47.2 Å². The molecule has 0 aromatic rings. The highest BCUT2D eigenvalue weighted by molar-refractivity contribution is 4.65. The molecule has 1 aliphatic carbocycles. The Bertz CT molecular complexity index is 75.4. The Morgan fingerprint density at radius 3 is 1.88 bits per heavy atom. The molecule has 1 fully saturated rings. The molecule has 0 aliphatic heterocycles. The first-order valence-electron chi connectivity index (χ1n) is 2.46. The molecule has 0 unspecified atom stereocenters. The first kappa shape index (κ1) is 7.20. The number of hydrogen-bond donors (Lipinski definition) is 1. The van der Waals surface area contributed by atoms with E-state index in [2.05, 4.69) is 6.92 Å². The largest absolute Gasteiger partial charge is 0.328 e. The molecule has 1 aliphatic rings. The summed E-state index contributed by atoms with van der Waals surface area (Å²) >= 11 is 0. The van der Waals surface area contributed by atoms with Gasteiger partial charge in [0, 0.05) is 0 Å². The van der Waals surface area contributed by atoms with Crippen molar-refractivity contribution in [1.82, 2.24) is 0 Å². The molecule has 0 atom stereocenters. The minimum Gasteiger partial charge on any atom is -0.328 e. The van der Waals surface area contributed by atoms with Crippen molar-refractivity contribution in [1.29, 1.82) is 0 Å². The van der Waals surface area contributed by atoms with Crippen LogP contribution in [0, 0.1) is 16.0 Å². The summed E-state index contributed by atoms with van der Waals surface area (Å²) in [7, 11) is 0. The smallest absolute Gasteiger partial charge is 0.291 e. The van der Waals surface area contributed by atoms with Crippen molar-refractivity contribution in [2.24, 2.45) is 5.92 Å². The van der Waals surface area contributed by atoms with Crippen LogP contribution in [0.25, 0.3) is 0 Å². The Morgan fingerprint density at radius 2 is 1.88 bits per heavy atom. The summed E-state index contributed by atoms with van der Waals surface area (Å²) in [5.74, 6) is 1.08. The van der Waals surface area contributed by atoms with Gasteiger partial charge in [0.1, 0.15) is 0 Å². The number of nitrogens with zero attached hydrogens (tertiary/aromatic N) is 1. The summed E-state index contributed by atoms with van der Waals surface area (Å²) < 4.78 is 0. The van der Waals surface area contributed by atoms with Crippen LogP contribution in [0.4, 0.5) is 0 Å². The molecule has 0 bridgehead atoms. The normalized spacial score (nSPS) is 16.1. The summed E-state index contributed by atoms with van der Waals surface area (Å²) in [6.45, 7) is 2.28. The molecule has 1 saturated carbocycles. The van der Waals surface area contributed by atoms with Gasteiger partial charge in [-0.1, -0.05) is 19.8 Å². The van der Waals surface area contributed by atoms with Crippen molar-refractivity contribution in [3.63, 3.8) is 0 Å². The van der Waals surface area contributed by atoms with Gasteiger partial charge in [0.15, 0.2) is 0 Å². The molecule has 4 nitrogen and oxygen atoms in total. The van der Waals surface area contributed by atoms with Gasteiger partial charge in [0.25, 0.3) is 5.09 Å². The lowest BCUT2D eigenvalue weighted by Crippen LogP contribution is -1.81. The fourth-order valence-corrected chi connectivity index (χ4v) is 0.167. The highest BCUT2D eigenvalue weighted by Gasteiger charge is 2.12. The molecule has 1 N–H and O–H groups in total. The second kappa shape index (κ2) is 3.23. The van der Waals surface area contributed by atoms with Crippen molar-refractivity contribution in [3.8, 4) is 0 Å². The summed E-state index contributed by atoms with van der Waals surface area (Å²) in [5, 5.41) is 13.6. The highest BCUT2D eigenvalue weighted by atomic mass is 16.9. The minimum atomic E-state index is -1.50. The van der Waals surface area contributed by atoms with Crippen LogP contribution >= 0.6 is 0 Å². The monoisotopic (exact) mass is 119 g/mol. The van der Waals surface area contributed by atoms with Crippen LogP contribution in [0.15, 0.2) is 0 Å². The lowest BCUT2D eigenvalue weighted by molar-refractivity contribution is -0.742. The predicted molar refractivity (Wildman–Crippen MR) is 27.2 cm³/mol. The van der Waals surface area contributed by atoms with Crippen molar-refractivity contribution in [2.75, 3.05) is 0 Å². The Balaban J connectivity index is 0.000000122. The van der Waals surface area contributed by atoms with Crippen LogP contribution < -0.4 is 0 Å². The van der Waals surface area contributed by atoms with E-state index in [0.717, 1.165) is 5.92 Å². The fourth-order valence-electron chi connectivity index (χ4n) is 0.167. The minimum absolute atomic E-state index is 1.08. The predicted octanol–water partition coefficient (Wildman–Crippen LogP) is 1.07. The third-order valence-corrected chi connectivity index (χ3v) is 0.866. The molecule has 48 valence electrons. The molecule has 0 radical (unpaired) electrons.